The third-order valence-electron chi connectivity index (χ3n) is 1.43. The van der Waals surface area contributed by atoms with Crippen molar-refractivity contribution in [3.05, 3.63) is 24.4 Å². The largest absolute Gasteiger partial charge is 0.476 e. The van der Waals surface area contributed by atoms with Crippen LogP contribution in [0.1, 0.15) is 0 Å². The Bertz CT molecular complexity index is 211. The van der Waals surface area contributed by atoms with Gasteiger partial charge in [-0.1, -0.05) is 6.07 Å². The second kappa shape index (κ2) is 4.72. The van der Waals surface area contributed by atoms with E-state index in [0.29, 0.717) is 12.5 Å². The number of hydrogen-bond acceptors (Lipinski definition) is 3. The summed E-state index contributed by atoms with van der Waals surface area (Å²) in [5.74, 6) is 0.694. The summed E-state index contributed by atoms with van der Waals surface area (Å²) in [6, 6.07) is 5.65. The van der Waals surface area contributed by atoms with Gasteiger partial charge in [0.2, 0.25) is 5.88 Å². The van der Waals surface area contributed by atoms with Gasteiger partial charge in [-0.15, -0.1) is 0 Å². The van der Waals surface area contributed by atoms with Crippen molar-refractivity contribution < 1.29 is 4.74 Å². The number of pyridine rings is 1. The number of aromatic nitrogens is 1. The van der Waals surface area contributed by atoms with Crippen molar-refractivity contribution in [2.24, 2.45) is 0 Å². The molecule has 0 N–H and O–H groups in total. The number of rotatable bonds is 4. The molecule has 1 aromatic rings. The van der Waals surface area contributed by atoms with Gasteiger partial charge in [0.15, 0.2) is 0 Å². The van der Waals surface area contributed by atoms with E-state index in [-0.39, 0.29) is 0 Å². The molecule has 0 atom stereocenters. The Kier molecular flexibility index (Phi) is 3.54. The lowest BCUT2D eigenvalue weighted by Gasteiger charge is -2.09. The maximum Gasteiger partial charge on any atom is 0.213 e. The predicted octanol–water partition coefficient (Wildman–Crippen LogP) is 1.02. The Hall–Kier alpha value is -1.09. The minimum atomic E-state index is 0.685. The first kappa shape index (κ1) is 9.00. The zero-order valence-corrected chi connectivity index (χ0v) is 7.53. The summed E-state index contributed by atoms with van der Waals surface area (Å²) in [7, 11) is 4.03. The summed E-state index contributed by atoms with van der Waals surface area (Å²) in [5.41, 5.74) is 0. The highest BCUT2D eigenvalue weighted by Crippen LogP contribution is 2.02. The maximum atomic E-state index is 5.36. The monoisotopic (exact) mass is 166 g/mol. The summed E-state index contributed by atoms with van der Waals surface area (Å²) in [4.78, 5) is 6.11. The Morgan fingerprint density at radius 3 is 2.83 bits per heavy atom. The van der Waals surface area contributed by atoms with Crippen LogP contribution in [0.5, 0.6) is 5.88 Å². The van der Waals surface area contributed by atoms with Crippen molar-refractivity contribution in [3.63, 3.8) is 0 Å². The minimum Gasteiger partial charge on any atom is -0.476 e. The summed E-state index contributed by atoms with van der Waals surface area (Å²) in [6.07, 6.45) is 1.73. The number of likely N-dealkylation sites (N-methyl/N-ethyl adjacent to an activating group) is 1. The molecular weight excluding hydrogens is 152 g/mol. The summed E-state index contributed by atoms with van der Waals surface area (Å²) >= 11 is 0. The molecular formula is C9H14N2O. The molecule has 1 heterocycles. The Morgan fingerprint density at radius 1 is 1.42 bits per heavy atom. The molecule has 0 radical (unpaired) electrons. The van der Waals surface area contributed by atoms with Gasteiger partial charge in [0, 0.05) is 18.8 Å². The van der Waals surface area contributed by atoms with Gasteiger partial charge in [-0.3, -0.25) is 0 Å². The van der Waals surface area contributed by atoms with Gasteiger partial charge in [0.1, 0.15) is 6.61 Å². The van der Waals surface area contributed by atoms with Crippen LogP contribution in [0.25, 0.3) is 0 Å². The number of nitrogens with zero attached hydrogens (tertiary/aromatic N) is 2. The van der Waals surface area contributed by atoms with E-state index in [4.69, 9.17) is 4.74 Å². The Labute approximate surface area is 73.0 Å². The van der Waals surface area contributed by atoms with Gasteiger partial charge in [-0.25, -0.2) is 4.98 Å². The second-order valence-corrected chi connectivity index (χ2v) is 2.82. The van der Waals surface area contributed by atoms with Crippen molar-refractivity contribution in [1.29, 1.82) is 0 Å². The Morgan fingerprint density at radius 2 is 2.25 bits per heavy atom. The highest BCUT2D eigenvalue weighted by atomic mass is 16.5. The van der Waals surface area contributed by atoms with E-state index in [1.165, 1.54) is 0 Å². The molecule has 0 saturated heterocycles. The molecule has 0 saturated carbocycles. The molecule has 0 aliphatic rings. The zero-order valence-electron chi connectivity index (χ0n) is 7.53. The van der Waals surface area contributed by atoms with Crippen LogP contribution in [0.3, 0.4) is 0 Å². The van der Waals surface area contributed by atoms with Crippen LogP contribution < -0.4 is 4.74 Å². The first-order valence-electron chi connectivity index (χ1n) is 3.97. The van der Waals surface area contributed by atoms with Gasteiger partial charge in [0.25, 0.3) is 0 Å². The fourth-order valence-corrected chi connectivity index (χ4v) is 0.765. The fraction of sp³-hybridized carbons (Fsp3) is 0.444. The molecule has 0 unspecified atom stereocenters. The summed E-state index contributed by atoms with van der Waals surface area (Å²) in [5, 5.41) is 0. The molecule has 3 nitrogen and oxygen atoms in total. The fourth-order valence-electron chi connectivity index (χ4n) is 0.765. The van der Waals surface area contributed by atoms with Crippen LogP contribution in [0.2, 0.25) is 0 Å². The highest BCUT2D eigenvalue weighted by molar-refractivity contribution is 5.08. The lowest BCUT2D eigenvalue weighted by molar-refractivity contribution is 0.254. The molecule has 1 rings (SSSR count). The molecule has 0 spiro atoms. The molecule has 0 amide bonds. The van der Waals surface area contributed by atoms with Crippen LogP contribution in [0, 0.1) is 0 Å². The van der Waals surface area contributed by atoms with E-state index >= 15 is 0 Å². The third-order valence-corrected chi connectivity index (χ3v) is 1.43. The second-order valence-electron chi connectivity index (χ2n) is 2.82. The van der Waals surface area contributed by atoms with Crippen LogP contribution in [-0.4, -0.2) is 37.1 Å². The van der Waals surface area contributed by atoms with Crippen molar-refractivity contribution in [3.8, 4) is 5.88 Å². The van der Waals surface area contributed by atoms with Gasteiger partial charge >= 0.3 is 0 Å². The van der Waals surface area contributed by atoms with Crippen LogP contribution in [0.15, 0.2) is 24.4 Å². The van der Waals surface area contributed by atoms with Crippen molar-refractivity contribution in [1.82, 2.24) is 9.88 Å². The van der Waals surface area contributed by atoms with E-state index in [0.717, 1.165) is 6.54 Å². The lowest BCUT2D eigenvalue weighted by atomic mass is 10.5. The molecule has 0 aliphatic carbocycles. The highest BCUT2D eigenvalue weighted by Gasteiger charge is 1.93. The smallest absolute Gasteiger partial charge is 0.213 e. The zero-order chi connectivity index (χ0) is 8.81. The predicted molar refractivity (Wildman–Crippen MR) is 48.3 cm³/mol. The number of hydrogen-bond donors (Lipinski definition) is 0. The first-order chi connectivity index (χ1) is 5.79. The normalized spacial score (nSPS) is 10.2. The van der Waals surface area contributed by atoms with Gasteiger partial charge in [-0.05, 0) is 20.2 Å². The minimum absolute atomic E-state index is 0.685. The molecule has 0 fully saturated rings. The molecule has 12 heavy (non-hydrogen) atoms. The number of ether oxygens (including phenoxy) is 1. The first-order valence-corrected chi connectivity index (χ1v) is 3.97. The third kappa shape index (κ3) is 3.34. The summed E-state index contributed by atoms with van der Waals surface area (Å²) in [6.45, 7) is 1.60. The molecule has 3 heteroatoms. The molecule has 0 aliphatic heterocycles. The molecule has 0 bridgehead atoms. The van der Waals surface area contributed by atoms with E-state index in [9.17, 15) is 0 Å². The maximum absolute atomic E-state index is 5.36. The van der Waals surface area contributed by atoms with E-state index in [2.05, 4.69) is 9.88 Å². The SMILES string of the molecule is CN(C)CCOc1ccccn1. The van der Waals surface area contributed by atoms with E-state index in [1.807, 2.05) is 32.3 Å². The van der Waals surface area contributed by atoms with Crippen LogP contribution >= 0.6 is 0 Å². The van der Waals surface area contributed by atoms with Crippen LogP contribution in [0.4, 0.5) is 0 Å². The van der Waals surface area contributed by atoms with E-state index < -0.39 is 0 Å². The summed E-state index contributed by atoms with van der Waals surface area (Å²) < 4.78 is 5.36. The Balaban J connectivity index is 2.25. The van der Waals surface area contributed by atoms with Crippen LogP contribution in [-0.2, 0) is 0 Å². The van der Waals surface area contributed by atoms with Gasteiger partial charge in [-0.2, -0.15) is 0 Å². The average molecular weight is 166 g/mol. The quantitative estimate of drug-likeness (QED) is 0.667. The van der Waals surface area contributed by atoms with E-state index in [1.54, 1.807) is 6.20 Å². The average Bonchev–Trinajstić information content (AvgIpc) is 2.05. The topological polar surface area (TPSA) is 25.4 Å². The lowest BCUT2D eigenvalue weighted by Crippen LogP contribution is -2.19. The standard InChI is InChI=1S/C9H14N2O/c1-11(2)7-8-12-9-5-3-4-6-10-9/h3-6H,7-8H2,1-2H3. The molecule has 0 aromatic carbocycles. The molecule has 66 valence electrons. The van der Waals surface area contributed by atoms with Crippen molar-refractivity contribution >= 4 is 0 Å². The van der Waals surface area contributed by atoms with Crippen molar-refractivity contribution in [2.45, 2.75) is 0 Å². The van der Waals surface area contributed by atoms with Gasteiger partial charge < -0.3 is 9.64 Å². The van der Waals surface area contributed by atoms with Crippen molar-refractivity contribution in [2.75, 3.05) is 27.2 Å². The molecule has 1 aromatic heterocycles. The van der Waals surface area contributed by atoms with Gasteiger partial charge in [0.05, 0.1) is 0 Å².